The highest BCUT2D eigenvalue weighted by Crippen LogP contribution is 2.36. The van der Waals surface area contributed by atoms with Gasteiger partial charge in [0.25, 0.3) is 0 Å². The Kier molecular flexibility index (Phi) is 3.54. The van der Waals surface area contributed by atoms with Gasteiger partial charge in [0.05, 0.1) is 11.8 Å². The van der Waals surface area contributed by atoms with E-state index in [0.29, 0.717) is 0 Å². The van der Waals surface area contributed by atoms with Gasteiger partial charge in [0.2, 0.25) is 0 Å². The van der Waals surface area contributed by atoms with Crippen LogP contribution in [-0.4, -0.2) is 20.1 Å². The molecule has 0 aliphatic heterocycles. The van der Waals surface area contributed by atoms with Gasteiger partial charge in [-0.3, -0.25) is 9.97 Å². The van der Waals surface area contributed by atoms with E-state index >= 15 is 0 Å². The summed E-state index contributed by atoms with van der Waals surface area (Å²) in [5.41, 5.74) is 6.02. The number of aliphatic hydroxyl groups excluding tert-OH is 1. The van der Waals surface area contributed by atoms with Gasteiger partial charge in [0.1, 0.15) is 0 Å². The third-order valence-corrected chi connectivity index (χ3v) is 3.65. The van der Waals surface area contributed by atoms with Crippen LogP contribution in [0.1, 0.15) is 24.2 Å². The zero-order valence-corrected chi connectivity index (χ0v) is 12.0. The van der Waals surface area contributed by atoms with Gasteiger partial charge >= 0.3 is 0 Å². The predicted molar refractivity (Wildman–Crippen MR) is 82.6 cm³/mol. The average molecular weight is 279 g/mol. The van der Waals surface area contributed by atoms with Crippen molar-refractivity contribution in [3.05, 3.63) is 60.2 Å². The average Bonchev–Trinajstić information content (AvgIpc) is 2.87. The fourth-order valence-corrected chi connectivity index (χ4v) is 2.68. The zero-order valence-electron chi connectivity index (χ0n) is 12.0. The number of hydrogen-bond donors (Lipinski definition) is 2. The lowest BCUT2D eigenvalue weighted by atomic mass is 10.00. The van der Waals surface area contributed by atoms with Crippen LogP contribution in [0.4, 0.5) is 0 Å². The summed E-state index contributed by atoms with van der Waals surface area (Å²) in [6.45, 7) is 3.82. The van der Waals surface area contributed by atoms with E-state index in [1.807, 2.05) is 31.2 Å². The first-order chi connectivity index (χ1) is 10.2. The number of hydrogen-bond acceptors (Lipinski definition) is 3. The second-order valence-electron chi connectivity index (χ2n) is 5.06. The number of nitrogens with one attached hydrogen (secondary N) is 1. The van der Waals surface area contributed by atoms with E-state index in [1.54, 1.807) is 31.7 Å². The molecule has 21 heavy (non-hydrogen) atoms. The Balaban J connectivity index is 2.22. The van der Waals surface area contributed by atoms with Crippen molar-refractivity contribution >= 4 is 0 Å². The smallest absolute Gasteiger partial charge is 0.0785 e. The van der Waals surface area contributed by atoms with Crippen LogP contribution in [0.3, 0.4) is 0 Å². The van der Waals surface area contributed by atoms with Crippen LogP contribution in [0.25, 0.3) is 22.5 Å². The molecule has 3 rings (SSSR count). The molecule has 3 aromatic rings. The third-order valence-electron chi connectivity index (χ3n) is 3.65. The lowest BCUT2D eigenvalue weighted by Gasteiger charge is -2.08. The Morgan fingerprint density at radius 1 is 0.905 bits per heavy atom. The maximum atomic E-state index is 10.2. The molecule has 106 valence electrons. The normalized spacial score (nSPS) is 12.3. The molecular formula is C17H17N3O. The number of rotatable bonds is 3. The van der Waals surface area contributed by atoms with Gasteiger partial charge in [-0.25, -0.2) is 0 Å². The first-order valence-corrected chi connectivity index (χ1v) is 6.90. The molecule has 0 aliphatic carbocycles. The molecule has 0 saturated carbocycles. The molecule has 0 aliphatic rings. The number of pyridine rings is 2. The fraction of sp³-hybridized carbons (Fsp3) is 0.176. The molecule has 0 fully saturated rings. The molecule has 2 N–H and O–H groups in total. The van der Waals surface area contributed by atoms with E-state index < -0.39 is 6.10 Å². The number of aliphatic hydroxyl groups is 1. The van der Waals surface area contributed by atoms with Crippen molar-refractivity contribution in [2.45, 2.75) is 20.0 Å². The van der Waals surface area contributed by atoms with Gasteiger partial charge < -0.3 is 10.1 Å². The highest BCUT2D eigenvalue weighted by molar-refractivity contribution is 5.75. The minimum Gasteiger partial charge on any atom is -0.389 e. The van der Waals surface area contributed by atoms with Crippen LogP contribution in [0.2, 0.25) is 0 Å². The van der Waals surface area contributed by atoms with E-state index in [4.69, 9.17) is 0 Å². The monoisotopic (exact) mass is 279 g/mol. The molecule has 0 radical (unpaired) electrons. The first-order valence-electron chi connectivity index (χ1n) is 6.90. The molecule has 3 aromatic heterocycles. The standard InChI is InChI=1S/C17H17N3O/c1-11-15(12(2)21)17(14-5-9-19-10-6-14)20-16(11)13-3-7-18-8-4-13/h3-10,12,20-21H,1-2H3. The largest absolute Gasteiger partial charge is 0.389 e. The Morgan fingerprint density at radius 2 is 1.38 bits per heavy atom. The van der Waals surface area contributed by atoms with Crippen LogP contribution >= 0.6 is 0 Å². The van der Waals surface area contributed by atoms with E-state index in [1.165, 1.54) is 0 Å². The van der Waals surface area contributed by atoms with Gasteiger partial charge in [-0.2, -0.15) is 0 Å². The number of aromatic nitrogens is 3. The molecule has 0 spiro atoms. The van der Waals surface area contributed by atoms with Gasteiger partial charge in [-0.15, -0.1) is 0 Å². The summed E-state index contributed by atoms with van der Waals surface area (Å²) >= 11 is 0. The summed E-state index contributed by atoms with van der Waals surface area (Å²) in [4.78, 5) is 11.5. The van der Waals surface area contributed by atoms with E-state index in [9.17, 15) is 5.11 Å². The van der Waals surface area contributed by atoms with Gasteiger partial charge in [0, 0.05) is 47.2 Å². The SMILES string of the molecule is Cc1c(-c2ccncc2)[nH]c(-c2ccncc2)c1C(C)O. The van der Waals surface area contributed by atoms with E-state index in [-0.39, 0.29) is 0 Å². The van der Waals surface area contributed by atoms with Gasteiger partial charge in [-0.1, -0.05) is 0 Å². The van der Waals surface area contributed by atoms with E-state index in [2.05, 4.69) is 15.0 Å². The van der Waals surface area contributed by atoms with E-state index in [0.717, 1.165) is 33.6 Å². The summed E-state index contributed by atoms with van der Waals surface area (Å²) < 4.78 is 0. The van der Waals surface area contributed by atoms with Crippen LogP contribution in [0, 0.1) is 6.92 Å². The summed E-state index contributed by atoms with van der Waals surface area (Å²) in [6.07, 6.45) is 6.50. The number of H-pyrrole nitrogens is 1. The van der Waals surface area contributed by atoms with Crippen LogP contribution in [0.15, 0.2) is 49.1 Å². The molecule has 0 aromatic carbocycles. The summed E-state index contributed by atoms with van der Waals surface area (Å²) in [7, 11) is 0. The number of nitrogens with zero attached hydrogens (tertiary/aromatic N) is 2. The molecule has 4 nitrogen and oxygen atoms in total. The number of aromatic amines is 1. The summed E-state index contributed by atoms with van der Waals surface area (Å²) in [5.74, 6) is 0. The maximum absolute atomic E-state index is 10.2. The van der Waals surface area contributed by atoms with Gasteiger partial charge in [-0.05, 0) is 43.7 Å². The summed E-state index contributed by atoms with van der Waals surface area (Å²) in [6, 6.07) is 7.79. The topological polar surface area (TPSA) is 61.8 Å². The maximum Gasteiger partial charge on any atom is 0.0785 e. The second kappa shape index (κ2) is 5.50. The summed E-state index contributed by atoms with van der Waals surface area (Å²) in [5, 5.41) is 10.2. The molecule has 1 atom stereocenters. The Bertz CT molecular complexity index is 733. The zero-order chi connectivity index (χ0) is 14.8. The van der Waals surface area contributed by atoms with Gasteiger partial charge in [0.15, 0.2) is 0 Å². The molecule has 4 heteroatoms. The lowest BCUT2D eigenvalue weighted by Crippen LogP contribution is -1.94. The quantitative estimate of drug-likeness (QED) is 0.771. The molecule has 3 heterocycles. The minimum absolute atomic E-state index is 0.542. The molecule has 0 amide bonds. The van der Waals surface area contributed by atoms with Crippen molar-refractivity contribution in [2.75, 3.05) is 0 Å². The highest BCUT2D eigenvalue weighted by Gasteiger charge is 2.19. The minimum atomic E-state index is -0.542. The Morgan fingerprint density at radius 3 is 1.86 bits per heavy atom. The molecule has 1 unspecified atom stereocenters. The Hall–Kier alpha value is -2.46. The first kappa shape index (κ1) is 13.5. The molecule has 0 saturated heterocycles. The van der Waals surface area contributed by atoms with Crippen molar-refractivity contribution in [3.63, 3.8) is 0 Å². The van der Waals surface area contributed by atoms with Crippen molar-refractivity contribution in [1.29, 1.82) is 0 Å². The van der Waals surface area contributed by atoms with Crippen molar-refractivity contribution in [2.24, 2.45) is 0 Å². The highest BCUT2D eigenvalue weighted by atomic mass is 16.3. The Labute approximate surface area is 123 Å². The van der Waals surface area contributed by atoms with Crippen LogP contribution < -0.4 is 0 Å². The molecule has 0 bridgehead atoms. The predicted octanol–water partition coefficient (Wildman–Crippen LogP) is 3.50. The second-order valence-corrected chi connectivity index (χ2v) is 5.06. The van der Waals surface area contributed by atoms with Crippen molar-refractivity contribution < 1.29 is 5.11 Å². The third kappa shape index (κ3) is 2.45. The van der Waals surface area contributed by atoms with Crippen LogP contribution in [0.5, 0.6) is 0 Å². The lowest BCUT2D eigenvalue weighted by molar-refractivity contribution is 0.199. The fourth-order valence-electron chi connectivity index (χ4n) is 2.68. The van der Waals surface area contributed by atoms with Crippen molar-refractivity contribution in [1.82, 2.24) is 15.0 Å². The van der Waals surface area contributed by atoms with Crippen LogP contribution in [-0.2, 0) is 0 Å². The molecular weight excluding hydrogens is 262 g/mol. The van der Waals surface area contributed by atoms with Crippen molar-refractivity contribution in [3.8, 4) is 22.5 Å².